The summed E-state index contributed by atoms with van der Waals surface area (Å²) in [5.74, 6) is 0.328. The molecule has 4 aromatic rings. The van der Waals surface area contributed by atoms with E-state index in [1.54, 1.807) is 12.1 Å². The van der Waals surface area contributed by atoms with E-state index < -0.39 is 0 Å². The van der Waals surface area contributed by atoms with Gasteiger partial charge in [-0.15, -0.1) is 0 Å². The average Bonchev–Trinajstić information content (AvgIpc) is 3.13. The number of hydrogen-bond acceptors (Lipinski definition) is 5. The molecular weight excluding hydrogens is 364 g/mol. The summed E-state index contributed by atoms with van der Waals surface area (Å²) in [5.41, 5.74) is 9.07. The number of halogens is 1. The lowest BCUT2D eigenvalue weighted by molar-refractivity contribution is 0.101. The number of fused-ring (bicyclic) bond motifs is 2. The molecule has 0 saturated heterocycles. The van der Waals surface area contributed by atoms with Gasteiger partial charge in [0.05, 0.1) is 21.6 Å². The lowest BCUT2D eigenvalue weighted by Gasteiger charge is -2.19. The highest BCUT2D eigenvalue weighted by Gasteiger charge is 2.26. The molecule has 0 aliphatic heterocycles. The van der Waals surface area contributed by atoms with Gasteiger partial charge in [0.2, 0.25) is 0 Å². The fourth-order valence-corrected chi connectivity index (χ4v) is 3.46. The number of nitrogens with one attached hydrogen (secondary N) is 1. The SMILES string of the molecule is CC(=O)c1ccc2c(Cl)c(-c3nn(C(C)(C)C)c4ncnc(N)c34)[nH]c2c1. The Morgan fingerprint density at radius 1 is 1.26 bits per heavy atom. The Morgan fingerprint density at radius 2 is 2.00 bits per heavy atom. The molecule has 3 N–H and O–H groups in total. The van der Waals surface area contributed by atoms with Crippen molar-refractivity contribution in [1.29, 1.82) is 0 Å². The van der Waals surface area contributed by atoms with Crippen LogP contribution in [0, 0.1) is 0 Å². The van der Waals surface area contributed by atoms with Crippen molar-refractivity contribution >= 4 is 45.1 Å². The zero-order valence-electron chi connectivity index (χ0n) is 15.5. The number of nitrogens with zero attached hydrogens (tertiary/aromatic N) is 4. The molecule has 138 valence electrons. The van der Waals surface area contributed by atoms with Crippen LogP contribution in [0.4, 0.5) is 5.82 Å². The van der Waals surface area contributed by atoms with E-state index >= 15 is 0 Å². The van der Waals surface area contributed by atoms with E-state index in [0.29, 0.717) is 38.8 Å². The standard InChI is InChI=1S/C19H19ClN6O/c1-9(27)10-5-6-11-12(7-10)24-16(14(11)20)15-13-17(21)22-8-23-18(13)26(25-15)19(2,3)4/h5-8,24H,1-4H3,(H2,21,22,23). The quantitative estimate of drug-likeness (QED) is 0.506. The number of carbonyl (C=O) groups excluding carboxylic acids is 1. The van der Waals surface area contributed by atoms with E-state index in [1.165, 1.54) is 13.3 Å². The summed E-state index contributed by atoms with van der Waals surface area (Å²) in [6, 6.07) is 5.38. The molecule has 4 rings (SSSR count). The molecule has 0 aliphatic carbocycles. The number of H-pyrrole nitrogens is 1. The Balaban J connectivity index is 2.05. The maximum Gasteiger partial charge on any atom is 0.164 e. The highest BCUT2D eigenvalue weighted by molar-refractivity contribution is 6.38. The topological polar surface area (TPSA) is 102 Å². The van der Waals surface area contributed by atoms with Crippen molar-refractivity contribution in [2.24, 2.45) is 0 Å². The molecule has 0 bridgehead atoms. The number of aromatic amines is 1. The van der Waals surface area contributed by atoms with Crippen LogP contribution in [0.15, 0.2) is 24.5 Å². The van der Waals surface area contributed by atoms with E-state index in [9.17, 15) is 4.79 Å². The van der Waals surface area contributed by atoms with Crippen LogP contribution >= 0.6 is 11.6 Å². The second-order valence-corrected chi connectivity index (χ2v) is 7.90. The number of Topliss-reactive ketones (excluding diaryl/α,β-unsaturated/α-hetero) is 1. The van der Waals surface area contributed by atoms with Gasteiger partial charge in [0, 0.05) is 16.5 Å². The fourth-order valence-electron chi connectivity index (χ4n) is 3.16. The summed E-state index contributed by atoms with van der Waals surface area (Å²) in [7, 11) is 0. The molecule has 0 atom stereocenters. The fraction of sp³-hybridized carbons (Fsp3) is 0.263. The lowest BCUT2D eigenvalue weighted by atomic mass is 10.1. The van der Waals surface area contributed by atoms with E-state index in [4.69, 9.17) is 22.4 Å². The molecule has 0 aliphatic rings. The number of aromatic nitrogens is 5. The first-order chi connectivity index (χ1) is 12.7. The molecule has 0 fully saturated rings. The molecule has 1 aromatic carbocycles. The van der Waals surface area contributed by atoms with Crippen molar-refractivity contribution < 1.29 is 4.79 Å². The molecule has 8 heteroatoms. The minimum atomic E-state index is -0.308. The zero-order valence-corrected chi connectivity index (χ0v) is 16.2. The van der Waals surface area contributed by atoms with Crippen molar-refractivity contribution in [2.75, 3.05) is 5.73 Å². The van der Waals surface area contributed by atoms with Crippen LogP contribution in [0.25, 0.3) is 33.3 Å². The lowest BCUT2D eigenvalue weighted by Crippen LogP contribution is -2.23. The third-order valence-electron chi connectivity index (χ3n) is 4.51. The average molecular weight is 383 g/mol. The van der Waals surface area contributed by atoms with Crippen LogP contribution in [0.2, 0.25) is 5.02 Å². The second-order valence-electron chi connectivity index (χ2n) is 7.52. The van der Waals surface area contributed by atoms with Crippen LogP contribution in [0.5, 0.6) is 0 Å². The largest absolute Gasteiger partial charge is 0.383 e. The molecular formula is C19H19ClN6O. The van der Waals surface area contributed by atoms with Gasteiger partial charge >= 0.3 is 0 Å². The van der Waals surface area contributed by atoms with Crippen molar-refractivity contribution in [3.63, 3.8) is 0 Å². The first-order valence-electron chi connectivity index (χ1n) is 8.50. The second kappa shape index (κ2) is 5.79. The van der Waals surface area contributed by atoms with Gasteiger partial charge < -0.3 is 10.7 Å². The Kier molecular flexibility index (Phi) is 3.75. The summed E-state index contributed by atoms with van der Waals surface area (Å²) in [6.07, 6.45) is 1.43. The van der Waals surface area contributed by atoms with Crippen LogP contribution in [0.1, 0.15) is 38.1 Å². The number of nitrogen functional groups attached to an aromatic ring is 1. The summed E-state index contributed by atoms with van der Waals surface area (Å²) < 4.78 is 1.82. The number of hydrogen-bond donors (Lipinski definition) is 2. The normalized spacial score (nSPS) is 12.2. The van der Waals surface area contributed by atoms with Gasteiger partial charge in [0.25, 0.3) is 0 Å². The Bertz CT molecular complexity index is 1210. The van der Waals surface area contributed by atoms with Crippen LogP contribution in [0.3, 0.4) is 0 Å². The van der Waals surface area contributed by atoms with Gasteiger partial charge in [-0.1, -0.05) is 23.7 Å². The minimum Gasteiger partial charge on any atom is -0.383 e. The van der Waals surface area contributed by atoms with E-state index in [2.05, 4.69) is 15.0 Å². The van der Waals surface area contributed by atoms with Gasteiger partial charge in [-0.2, -0.15) is 5.10 Å². The zero-order chi connectivity index (χ0) is 19.5. The smallest absolute Gasteiger partial charge is 0.164 e. The molecule has 0 spiro atoms. The summed E-state index contributed by atoms with van der Waals surface area (Å²) >= 11 is 6.65. The molecule has 7 nitrogen and oxygen atoms in total. The van der Waals surface area contributed by atoms with Crippen molar-refractivity contribution in [1.82, 2.24) is 24.7 Å². The molecule has 0 unspecified atom stereocenters. The Morgan fingerprint density at radius 3 is 2.67 bits per heavy atom. The predicted molar refractivity (Wildman–Crippen MR) is 107 cm³/mol. The van der Waals surface area contributed by atoms with Gasteiger partial charge in [0.15, 0.2) is 11.4 Å². The third-order valence-corrected chi connectivity index (χ3v) is 4.90. The Labute approximate surface area is 160 Å². The molecule has 3 heterocycles. The van der Waals surface area contributed by atoms with Gasteiger partial charge in [-0.3, -0.25) is 4.79 Å². The third kappa shape index (κ3) is 2.66. The number of ketones is 1. The first kappa shape index (κ1) is 17.5. The van der Waals surface area contributed by atoms with Crippen LogP contribution in [-0.2, 0) is 5.54 Å². The van der Waals surface area contributed by atoms with Crippen molar-refractivity contribution in [3.8, 4) is 11.4 Å². The number of anilines is 1. The van der Waals surface area contributed by atoms with Gasteiger partial charge in [0.1, 0.15) is 17.8 Å². The highest BCUT2D eigenvalue weighted by Crippen LogP contribution is 2.39. The maximum absolute atomic E-state index is 11.7. The van der Waals surface area contributed by atoms with Gasteiger partial charge in [-0.05, 0) is 33.8 Å². The minimum absolute atomic E-state index is 0.00993. The number of nitrogens with two attached hydrogens (primary N) is 1. The molecule has 3 aromatic heterocycles. The van der Waals surface area contributed by atoms with Crippen LogP contribution < -0.4 is 5.73 Å². The monoisotopic (exact) mass is 382 g/mol. The molecule has 0 amide bonds. The number of rotatable bonds is 2. The summed E-state index contributed by atoms with van der Waals surface area (Å²) in [5, 5.41) is 6.73. The van der Waals surface area contributed by atoms with E-state index in [1.807, 2.05) is 31.5 Å². The van der Waals surface area contributed by atoms with Gasteiger partial charge in [-0.25, -0.2) is 14.6 Å². The van der Waals surface area contributed by atoms with Crippen molar-refractivity contribution in [2.45, 2.75) is 33.2 Å². The number of benzene rings is 1. The van der Waals surface area contributed by atoms with E-state index in [-0.39, 0.29) is 11.3 Å². The highest BCUT2D eigenvalue weighted by atomic mass is 35.5. The van der Waals surface area contributed by atoms with Crippen LogP contribution in [-0.4, -0.2) is 30.5 Å². The number of carbonyl (C=O) groups is 1. The maximum atomic E-state index is 11.7. The predicted octanol–water partition coefficient (Wildman–Crippen LogP) is 4.17. The molecule has 27 heavy (non-hydrogen) atoms. The first-order valence-corrected chi connectivity index (χ1v) is 8.88. The summed E-state index contributed by atoms with van der Waals surface area (Å²) in [4.78, 5) is 23.5. The van der Waals surface area contributed by atoms with E-state index in [0.717, 1.165) is 10.9 Å². The molecule has 0 saturated carbocycles. The Hall–Kier alpha value is -2.93. The molecule has 0 radical (unpaired) electrons. The summed E-state index contributed by atoms with van der Waals surface area (Å²) in [6.45, 7) is 7.64. The van der Waals surface area contributed by atoms with Crippen molar-refractivity contribution in [3.05, 3.63) is 35.1 Å².